The molecule has 0 saturated carbocycles. The van der Waals surface area contributed by atoms with Gasteiger partial charge in [0.1, 0.15) is 0 Å². The van der Waals surface area contributed by atoms with E-state index in [2.05, 4.69) is 5.32 Å². The van der Waals surface area contributed by atoms with Crippen LogP contribution in [0.4, 0.5) is 5.69 Å². The van der Waals surface area contributed by atoms with Gasteiger partial charge in [0.15, 0.2) is 0 Å². The molecule has 4 aromatic rings. The quantitative estimate of drug-likeness (QED) is 0.343. The van der Waals surface area contributed by atoms with Crippen molar-refractivity contribution in [2.24, 2.45) is 0 Å². The first kappa shape index (κ1) is 20.7. The zero-order valence-electron chi connectivity index (χ0n) is 16.3. The fraction of sp³-hybridized carbons (Fsp3) is 0.0833. The second kappa shape index (κ2) is 8.27. The summed E-state index contributed by atoms with van der Waals surface area (Å²) >= 11 is 18.7. The van der Waals surface area contributed by atoms with E-state index >= 15 is 0 Å². The van der Waals surface area contributed by atoms with Crippen LogP contribution in [0.2, 0.25) is 15.1 Å². The van der Waals surface area contributed by atoms with Crippen molar-refractivity contribution in [1.29, 1.82) is 0 Å². The maximum Gasteiger partial charge on any atom is 0.256 e. The van der Waals surface area contributed by atoms with Crippen molar-refractivity contribution in [1.82, 2.24) is 4.98 Å². The van der Waals surface area contributed by atoms with Crippen molar-refractivity contribution < 1.29 is 4.79 Å². The van der Waals surface area contributed by atoms with Crippen LogP contribution in [0, 0.1) is 13.8 Å². The lowest BCUT2D eigenvalue weighted by molar-refractivity contribution is 0.102. The zero-order chi connectivity index (χ0) is 21.4. The van der Waals surface area contributed by atoms with Crippen molar-refractivity contribution in [3.05, 3.63) is 92.4 Å². The molecule has 3 aromatic carbocycles. The van der Waals surface area contributed by atoms with Gasteiger partial charge in [0, 0.05) is 16.0 Å². The SMILES string of the molecule is Cc1cc(C)c2nc(-c3ccc(Cl)cc3Cl)cc(C(=O)Nc3ccccc3Cl)c2c1. The summed E-state index contributed by atoms with van der Waals surface area (Å²) in [6.07, 6.45) is 0. The number of carbonyl (C=O) groups excluding carboxylic acids is 1. The molecule has 0 aliphatic carbocycles. The van der Waals surface area contributed by atoms with Crippen LogP contribution in [0.3, 0.4) is 0 Å². The number of carbonyl (C=O) groups is 1. The smallest absolute Gasteiger partial charge is 0.256 e. The minimum Gasteiger partial charge on any atom is -0.321 e. The molecule has 0 saturated heterocycles. The lowest BCUT2D eigenvalue weighted by Gasteiger charge is -2.14. The average molecular weight is 456 g/mol. The molecular weight excluding hydrogens is 439 g/mol. The molecule has 1 heterocycles. The molecule has 6 heteroatoms. The Morgan fingerprint density at radius 3 is 2.40 bits per heavy atom. The summed E-state index contributed by atoms with van der Waals surface area (Å²) in [6, 6.07) is 18.1. The van der Waals surface area contributed by atoms with Crippen LogP contribution in [0.25, 0.3) is 22.2 Å². The molecule has 0 bridgehead atoms. The largest absolute Gasteiger partial charge is 0.321 e. The first-order valence-electron chi connectivity index (χ1n) is 9.27. The summed E-state index contributed by atoms with van der Waals surface area (Å²) in [6.45, 7) is 3.97. The number of amides is 1. The van der Waals surface area contributed by atoms with E-state index in [9.17, 15) is 4.79 Å². The predicted molar refractivity (Wildman–Crippen MR) is 126 cm³/mol. The molecule has 1 aromatic heterocycles. The number of para-hydroxylation sites is 1. The van der Waals surface area contributed by atoms with Crippen molar-refractivity contribution in [3.63, 3.8) is 0 Å². The summed E-state index contributed by atoms with van der Waals surface area (Å²) < 4.78 is 0. The van der Waals surface area contributed by atoms with E-state index in [0.29, 0.717) is 37.6 Å². The van der Waals surface area contributed by atoms with E-state index in [-0.39, 0.29) is 5.91 Å². The minimum absolute atomic E-state index is 0.271. The van der Waals surface area contributed by atoms with Crippen LogP contribution in [0.15, 0.2) is 60.7 Å². The van der Waals surface area contributed by atoms with Crippen molar-refractivity contribution in [2.75, 3.05) is 5.32 Å². The first-order valence-corrected chi connectivity index (χ1v) is 10.4. The first-order chi connectivity index (χ1) is 14.3. The van der Waals surface area contributed by atoms with E-state index in [1.165, 1.54) is 0 Å². The van der Waals surface area contributed by atoms with E-state index < -0.39 is 0 Å². The highest BCUT2D eigenvalue weighted by molar-refractivity contribution is 6.36. The van der Waals surface area contributed by atoms with Crippen LogP contribution in [-0.2, 0) is 0 Å². The second-order valence-corrected chi connectivity index (χ2v) is 8.34. The van der Waals surface area contributed by atoms with Gasteiger partial charge in [-0.05, 0) is 61.9 Å². The van der Waals surface area contributed by atoms with Gasteiger partial charge in [-0.3, -0.25) is 4.79 Å². The number of rotatable bonds is 3. The molecule has 150 valence electrons. The van der Waals surface area contributed by atoms with Crippen LogP contribution < -0.4 is 5.32 Å². The normalized spacial score (nSPS) is 11.0. The lowest BCUT2D eigenvalue weighted by Crippen LogP contribution is -2.13. The van der Waals surface area contributed by atoms with Gasteiger partial charge in [-0.1, -0.05) is 58.6 Å². The topological polar surface area (TPSA) is 42.0 Å². The highest BCUT2D eigenvalue weighted by Gasteiger charge is 2.18. The van der Waals surface area contributed by atoms with Crippen molar-refractivity contribution in [3.8, 4) is 11.3 Å². The zero-order valence-corrected chi connectivity index (χ0v) is 18.5. The molecule has 3 nitrogen and oxygen atoms in total. The number of aromatic nitrogens is 1. The molecule has 0 aliphatic rings. The summed E-state index contributed by atoms with van der Waals surface area (Å²) in [7, 11) is 0. The average Bonchev–Trinajstić information content (AvgIpc) is 2.69. The third kappa shape index (κ3) is 4.01. The van der Waals surface area contributed by atoms with Gasteiger partial charge < -0.3 is 5.32 Å². The summed E-state index contributed by atoms with van der Waals surface area (Å²) in [4.78, 5) is 18.1. The number of fused-ring (bicyclic) bond motifs is 1. The number of nitrogens with one attached hydrogen (secondary N) is 1. The fourth-order valence-electron chi connectivity index (χ4n) is 3.46. The standard InChI is InChI=1S/C24H17Cl3N2O/c1-13-9-14(2)23-17(10-13)18(24(30)29-21-6-4-3-5-19(21)26)12-22(28-23)16-8-7-15(25)11-20(16)27/h3-12H,1-2H3,(H,29,30). The third-order valence-corrected chi connectivity index (χ3v) is 5.70. The molecular formula is C24H17Cl3N2O. The Bertz CT molecular complexity index is 1300. The number of anilines is 1. The lowest BCUT2D eigenvalue weighted by atomic mass is 9.99. The monoisotopic (exact) mass is 454 g/mol. The van der Waals surface area contributed by atoms with Crippen LogP contribution in [0.1, 0.15) is 21.5 Å². The van der Waals surface area contributed by atoms with Gasteiger partial charge in [-0.15, -0.1) is 0 Å². The van der Waals surface area contributed by atoms with Gasteiger partial charge >= 0.3 is 0 Å². The molecule has 0 aliphatic heterocycles. The molecule has 0 unspecified atom stereocenters. The summed E-state index contributed by atoms with van der Waals surface area (Å²) in [5.74, 6) is -0.271. The van der Waals surface area contributed by atoms with Gasteiger partial charge in [0.05, 0.1) is 32.5 Å². The maximum absolute atomic E-state index is 13.3. The predicted octanol–water partition coefficient (Wildman–Crippen LogP) is 7.73. The number of halogens is 3. The Hall–Kier alpha value is -2.59. The Morgan fingerprint density at radius 1 is 0.900 bits per heavy atom. The van der Waals surface area contributed by atoms with E-state index in [1.54, 1.807) is 36.4 Å². The molecule has 0 fully saturated rings. The highest BCUT2D eigenvalue weighted by atomic mass is 35.5. The number of benzene rings is 3. The molecule has 1 amide bonds. The molecule has 0 atom stereocenters. The van der Waals surface area contributed by atoms with Gasteiger partial charge in [0.25, 0.3) is 5.91 Å². The number of aryl methyl sites for hydroxylation is 2. The number of hydrogen-bond acceptors (Lipinski definition) is 2. The molecule has 4 rings (SSSR count). The molecule has 1 N–H and O–H groups in total. The maximum atomic E-state index is 13.3. The highest BCUT2D eigenvalue weighted by Crippen LogP contribution is 2.33. The Kier molecular flexibility index (Phi) is 5.70. The van der Waals surface area contributed by atoms with E-state index in [4.69, 9.17) is 39.8 Å². The number of hydrogen-bond donors (Lipinski definition) is 1. The van der Waals surface area contributed by atoms with Crippen LogP contribution in [-0.4, -0.2) is 10.9 Å². The van der Waals surface area contributed by atoms with E-state index in [1.807, 2.05) is 38.1 Å². The van der Waals surface area contributed by atoms with Gasteiger partial charge in [0.2, 0.25) is 0 Å². The van der Waals surface area contributed by atoms with E-state index in [0.717, 1.165) is 22.0 Å². The Balaban J connectivity index is 1.92. The Labute approximate surface area is 189 Å². The van der Waals surface area contributed by atoms with Gasteiger partial charge in [-0.25, -0.2) is 4.98 Å². The minimum atomic E-state index is -0.271. The van der Waals surface area contributed by atoms with Crippen LogP contribution in [0.5, 0.6) is 0 Å². The molecule has 30 heavy (non-hydrogen) atoms. The van der Waals surface area contributed by atoms with Crippen molar-refractivity contribution >= 4 is 57.3 Å². The second-order valence-electron chi connectivity index (χ2n) is 7.09. The number of nitrogens with zero attached hydrogens (tertiary/aromatic N) is 1. The Morgan fingerprint density at radius 2 is 1.67 bits per heavy atom. The van der Waals surface area contributed by atoms with Crippen LogP contribution >= 0.6 is 34.8 Å². The molecule has 0 radical (unpaired) electrons. The summed E-state index contributed by atoms with van der Waals surface area (Å²) in [5, 5.41) is 5.15. The van der Waals surface area contributed by atoms with Crippen molar-refractivity contribution in [2.45, 2.75) is 13.8 Å². The molecule has 0 spiro atoms. The third-order valence-electron chi connectivity index (χ3n) is 4.82. The van der Waals surface area contributed by atoms with Gasteiger partial charge in [-0.2, -0.15) is 0 Å². The fourth-order valence-corrected chi connectivity index (χ4v) is 4.14. The summed E-state index contributed by atoms with van der Waals surface area (Å²) in [5.41, 5.74) is 5.11. The number of pyridine rings is 1.